The molecule has 1 aromatic rings. The number of thioether (sulfide) groups is 1. The zero-order valence-electron chi connectivity index (χ0n) is 8.26. The molecule has 0 aliphatic carbocycles. The van der Waals surface area contributed by atoms with Crippen LogP contribution in [0.3, 0.4) is 0 Å². The number of hydrogen-bond donors (Lipinski definition) is 1. The van der Waals surface area contributed by atoms with Gasteiger partial charge >= 0.3 is 0 Å². The van der Waals surface area contributed by atoms with Crippen LogP contribution in [0.25, 0.3) is 0 Å². The Balaban J connectivity index is 2.04. The van der Waals surface area contributed by atoms with Gasteiger partial charge in [0.15, 0.2) is 5.82 Å². The van der Waals surface area contributed by atoms with Crippen LogP contribution in [0.4, 0.5) is 0 Å². The molecule has 78 valence electrons. The molecule has 0 amide bonds. The van der Waals surface area contributed by atoms with Crippen molar-refractivity contribution < 1.29 is 0 Å². The van der Waals surface area contributed by atoms with Crippen molar-refractivity contribution in [3.63, 3.8) is 0 Å². The first kappa shape index (κ1) is 9.92. The van der Waals surface area contributed by atoms with Crippen LogP contribution < -0.4 is 5.73 Å². The Hall–Kier alpha value is -0.620. The van der Waals surface area contributed by atoms with E-state index >= 15 is 0 Å². The van der Waals surface area contributed by atoms with Crippen molar-refractivity contribution in [3.8, 4) is 0 Å². The lowest BCUT2D eigenvalue weighted by Crippen LogP contribution is -2.18. The summed E-state index contributed by atoms with van der Waals surface area (Å²) in [5.41, 5.74) is 5.76. The number of aromatic nitrogens is 4. The number of tetrazole rings is 1. The number of nitrogens with two attached hydrogens (primary N) is 1. The van der Waals surface area contributed by atoms with Gasteiger partial charge in [-0.2, -0.15) is 11.8 Å². The zero-order chi connectivity index (χ0) is 9.97. The molecule has 2 atom stereocenters. The SMILES string of the molecule is CC(N)c1nnnn1CC1CCCS1. The van der Waals surface area contributed by atoms with Crippen LogP contribution >= 0.6 is 11.8 Å². The lowest BCUT2D eigenvalue weighted by atomic mass is 10.2. The van der Waals surface area contributed by atoms with E-state index in [0.717, 1.165) is 12.4 Å². The minimum absolute atomic E-state index is 0.0867. The van der Waals surface area contributed by atoms with Crippen LogP contribution in [0, 0.1) is 0 Å². The standard InChI is InChI=1S/C8H15N5S/c1-6(9)8-10-11-12-13(8)5-7-3-2-4-14-7/h6-7H,2-5,9H2,1H3. The topological polar surface area (TPSA) is 69.6 Å². The van der Waals surface area contributed by atoms with Gasteiger partial charge in [-0.15, -0.1) is 5.10 Å². The molecule has 0 bridgehead atoms. The van der Waals surface area contributed by atoms with Crippen molar-refractivity contribution in [3.05, 3.63) is 5.82 Å². The number of nitrogens with zero attached hydrogens (tertiary/aromatic N) is 4. The first-order chi connectivity index (χ1) is 6.77. The quantitative estimate of drug-likeness (QED) is 0.795. The van der Waals surface area contributed by atoms with Gasteiger partial charge < -0.3 is 5.73 Å². The fraction of sp³-hybridized carbons (Fsp3) is 0.875. The highest BCUT2D eigenvalue weighted by Gasteiger charge is 2.19. The summed E-state index contributed by atoms with van der Waals surface area (Å²) < 4.78 is 1.84. The van der Waals surface area contributed by atoms with Crippen molar-refractivity contribution in [2.75, 3.05) is 5.75 Å². The summed E-state index contributed by atoms with van der Waals surface area (Å²) in [6.07, 6.45) is 2.58. The Bertz CT molecular complexity index is 292. The molecule has 0 aromatic carbocycles. The highest BCUT2D eigenvalue weighted by atomic mass is 32.2. The first-order valence-corrected chi connectivity index (χ1v) is 5.95. The van der Waals surface area contributed by atoms with Gasteiger partial charge in [0.1, 0.15) is 0 Å². The van der Waals surface area contributed by atoms with Crippen LogP contribution in [0.1, 0.15) is 31.6 Å². The molecule has 1 aliphatic rings. The van der Waals surface area contributed by atoms with Gasteiger partial charge in [0.25, 0.3) is 0 Å². The molecule has 5 nitrogen and oxygen atoms in total. The van der Waals surface area contributed by atoms with Crippen molar-refractivity contribution in [1.82, 2.24) is 20.2 Å². The van der Waals surface area contributed by atoms with Crippen LogP contribution in [-0.2, 0) is 6.54 Å². The number of hydrogen-bond acceptors (Lipinski definition) is 5. The fourth-order valence-electron chi connectivity index (χ4n) is 1.65. The van der Waals surface area contributed by atoms with E-state index in [9.17, 15) is 0 Å². The molecule has 1 saturated heterocycles. The molecule has 1 aliphatic heterocycles. The molecule has 1 fully saturated rings. The van der Waals surface area contributed by atoms with Gasteiger partial charge in [0.2, 0.25) is 0 Å². The molecule has 0 spiro atoms. The van der Waals surface area contributed by atoms with Gasteiger partial charge in [0, 0.05) is 5.25 Å². The molecule has 2 N–H and O–H groups in total. The van der Waals surface area contributed by atoms with Crippen LogP contribution in [0.5, 0.6) is 0 Å². The molecular weight excluding hydrogens is 198 g/mol. The summed E-state index contributed by atoms with van der Waals surface area (Å²) in [5, 5.41) is 12.2. The third kappa shape index (κ3) is 2.06. The third-order valence-corrected chi connectivity index (χ3v) is 3.75. The van der Waals surface area contributed by atoms with E-state index in [0.29, 0.717) is 5.25 Å². The van der Waals surface area contributed by atoms with Gasteiger partial charge in [-0.3, -0.25) is 0 Å². The Kier molecular flexibility index (Phi) is 3.02. The maximum atomic E-state index is 5.76. The Morgan fingerprint density at radius 2 is 2.57 bits per heavy atom. The fourth-order valence-corrected chi connectivity index (χ4v) is 2.90. The second kappa shape index (κ2) is 4.27. The van der Waals surface area contributed by atoms with Crippen molar-refractivity contribution in [2.24, 2.45) is 5.73 Å². The molecule has 2 unspecified atom stereocenters. The summed E-state index contributed by atoms with van der Waals surface area (Å²) in [6, 6.07) is -0.0867. The second-order valence-corrected chi connectivity index (χ2v) is 5.05. The molecule has 0 radical (unpaired) electrons. The van der Waals surface area contributed by atoms with E-state index in [1.165, 1.54) is 18.6 Å². The van der Waals surface area contributed by atoms with Crippen LogP contribution in [0.15, 0.2) is 0 Å². The molecule has 0 saturated carbocycles. The lowest BCUT2D eigenvalue weighted by Gasteiger charge is -2.10. The van der Waals surface area contributed by atoms with Crippen LogP contribution in [0.2, 0.25) is 0 Å². The van der Waals surface area contributed by atoms with Crippen molar-refractivity contribution in [1.29, 1.82) is 0 Å². The highest BCUT2D eigenvalue weighted by molar-refractivity contribution is 8.00. The third-order valence-electron chi connectivity index (χ3n) is 2.37. The molecular formula is C8H15N5S. The van der Waals surface area contributed by atoms with E-state index in [1.807, 2.05) is 23.4 Å². The minimum Gasteiger partial charge on any atom is -0.322 e. The summed E-state index contributed by atoms with van der Waals surface area (Å²) >= 11 is 2.00. The maximum Gasteiger partial charge on any atom is 0.167 e. The highest BCUT2D eigenvalue weighted by Crippen LogP contribution is 2.27. The monoisotopic (exact) mass is 213 g/mol. The predicted molar refractivity (Wildman–Crippen MR) is 55.9 cm³/mol. The number of rotatable bonds is 3. The van der Waals surface area contributed by atoms with Gasteiger partial charge in [-0.25, -0.2) is 4.68 Å². The minimum atomic E-state index is -0.0867. The van der Waals surface area contributed by atoms with Crippen LogP contribution in [-0.4, -0.2) is 31.2 Å². The molecule has 1 aromatic heterocycles. The predicted octanol–water partition coefficient (Wildman–Crippen LogP) is 0.588. The summed E-state index contributed by atoms with van der Waals surface area (Å²) in [7, 11) is 0. The first-order valence-electron chi connectivity index (χ1n) is 4.90. The van der Waals surface area contributed by atoms with Gasteiger partial charge in [0.05, 0.1) is 12.6 Å². The van der Waals surface area contributed by atoms with E-state index in [2.05, 4.69) is 15.5 Å². The molecule has 2 heterocycles. The molecule has 2 rings (SSSR count). The summed E-state index contributed by atoms with van der Waals surface area (Å²) in [5.74, 6) is 2.05. The van der Waals surface area contributed by atoms with Crippen molar-refractivity contribution >= 4 is 11.8 Å². The zero-order valence-corrected chi connectivity index (χ0v) is 9.07. The largest absolute Gasteiger partial charge is 0.322 e. The van der Waals surface area contributed by atoms with Crippen molar-refractivity contribution in [2.45, 2.75) is 37.6 Å². The molecule has 14 heavy (non-hydrogen) atoms. The Morgan fingerprint density at radius 3 is 3.21 bits per heavy atom. The van der Waals surface area contributed by atoms with E-state index in [4.69, 9.17) is 5.73 Å². The smallest absolute Gasteiger partial charge is 0.167 e. The Labute approximate surface area is 87.4 Å². The van der Waals surface area contributed by atoms with E-state index in [-0.39, 0.29) is 6.04 Å². The van der Waals surface area contributed by atoms with E-state index < -0.39 is 0 Å². The average molecular weight is 213 g/mol. The molecule has 6 heteroatoms. The maximum absolute atomic E-state index is 5.76. The second-order valence-electron chi connectivity index (χ2n) is 3.64. The Morgan fingerprint density at radius 1 is 1.71 bits per heavy atom. The summed E-state index contributed by atoms with van der Waals surface area (Å²) in [6.45, 7) is 2.80. The summed E-state index contributed by atoms with van der Waals surface area (Å²) in [4.78, 5) is 0. The van der Waals surface area contributed by atoms with Gasteiger partial charge in [-0.05, 0) is 35.9 Å². The average Bonchev–Trinajstić information content (AvgIpc) is 2.75. The van der Waals surface area contributed by atoms with Gasteiger partial charge in [-0.1, -0.05) is 0 Å². The normalized spacial score (nSPS) is 24.0. The van der Waals surface area contributed by atoms with E-state index in [1.54, 1.807) is 0 Å². The lowest BCUT2D eigenvalue weighted by molar-refractivity contribution is 0.523.